The van der Waals surface area contributed by atoms with Gasteiger partial charge in [-0.05, 0) is 24.0 Å². The molecule has 2 rings (SSSR count). The third-order valence-electron chi connectivity index (χ3n) is 3.48. The molecule has 0 aliphatic heterocycles. The van der Waals surface area contributed by atoms with Crippen LogP contribution in [-0.4, -0.2) is 9.55 Å². The second-order valence-corrected chi connectivity index (χ2v) is 4.97. The number of hydrogen-bond donors (Lipinski definition) is 1. The fourth-order valence-electron chi connectivity index (χ4n) is 2.25. The molecule has 102 valence electrons. The summed E-state index contributed by atoms with van der Waals surface area (Å²) < 4.78 is 2.23. The van der Waals surface area contributed by atoms with E-state index in [4.69, 9.17) is 5.73 Å². The third kappa shape index (κ3) is 3.44. The predicted octanol–water partition coefficient (Wildman–Crippen LogP) is 3.29. The van der Waals surface area contributed by atoms with E-state index >= 15 is 0 Å². The zero-order valence-electron chi connectivity index (χ0n) is 11.8. The van der Waals surface area contributed by atoms with Crippen molar-refractivity contribution < 1.29 is 0 Å². The van der Waals surface area contributed by atoms with Crippen molar-refractivity contribution in [2.24, 2.45) is 5.73 Å². The molecule has 0 fully saturated rings. The van der Waals surface area contributed by atoms with Gasteiger partial charge in [-0.2, -0.15) is 0 Å². The van der Waals surface area contributed by atoms with Gasteiger partial charge >= 0.3 is 0 Å². The van der Waals surface area contributed by atoms with Crippen molar-refractivity contribution in [2.75, 3.05) is 0 Å². The molecule has 0 spiro atoms. The average Bonchev–Trinajstić information content (AvgIpc) is 2.86. The maximum Gasteiger partial charge on any atom is 0.113 e. The number of aryl methyl sites for hydroxylation is 1. The van der Waals surface area contributed by atoms with Gasteiger partial charge in [-0.25, -0.2) is 4.98 Å². The van der Waals surface area contributed by atoms with Crippen molar-refractivity contribution in [3.05, 3.63) is 53.6 Å². The van der Waals surface area contributed by atoms with Crippen LogP contribution in [0.5, 0.6) is 0 Å². The summed E-state index contributed by atoms with van der Waals surface area (Å²) in [4.78, 5) is 4.44. The van der Waals surface area contributed by atoms with Crippen molar-refractivity contribution in [3.63, 3.8) is 0 Å². The van der Waals surface area contributed by atoms with Crippen LogP contribution in [0.2, 0.25) is 0 Å². The Bertz CT molecular complexity index is 499. The van der Waals surface area contributed by atoms with E-state index in [9.17, 15) is 0 Å². The van der Waals surface area contributed by atoms with Crippen LogP contribution in [0.1, 0.15) is 49.7 Å². The molecule has 0 amide bonds. The summed E-state index contributed by atoms with van der Waals surface area (Å²) in [5, 5.41) is 0. The molecule has 0 aliphatic carbocycles. The van der Waals surface area contributed by atoms with Crippen molar-refractivity contribution in [1.29, 1.82) is 0 Å². The second kappa shape index (κ2) is 6.53. The van der Waals surface area contributed by atoms with Crippen molar-refractivity contribution in [1.82, 2.24) is 9.55 Å². The molecule has 1 aromatic carbocycles. The first-order valence-electron chi connectivity index (χ1n) is 7.09. The van der Waals surface area contributed by atoms with Gasteiger partial charge in [-0.1, -0.05) is 38.1 Å². The van der Waals surface area contributed by atoms with E-state index in [0.717, 1.165) is 31.6 Å². The van der Waals surface area contributed by atoms with E-state index in [0.29, 0.717) is 0 Å². The molecule has 1 aromatic heterocycles. The average molecular weight is 257 g/mol. The summed E-state index contributed by atoms with van der Waals surface area (Å²) >= 11 is 0. The van der Waals surface area contributed by atoms with E-state index in [1.807, 2.05) is 6.20 Å². The van der Waals surface area contributed by atoms with Crippen LogP contribution in [0.25, 0.3) is 0 Å². The van der Waals surface area contributed by atoms with Gasteiger partial charge in [0.2, 0.25) is 0 Å². The molecule has 2 N–H and O–H groups in total. The lowest BCUT2D eigenvalue weighted by atomic mass is 10.0. The van der Waals surface area contributed by atoms with E-state index in [2.05, 4.69) is 53.9 Å². The quantitative estimate of drug-likeness (QED) is 0.863. The highest BCUT2D eigenvalue weighted by Crippen LogP contribution is 2.16. The van der Waals surface area contributed by atoms with E-state index < -0.39 is 0 Å². The highest BCUT2D eigenvalue weighted by atomic mass is 15.1. The monoisotopic (exact) mass is 257 g/mol. The second-order valence-electron chi connectivity index (χ2n) is 4.97. The fraction of sp³-hybridized carbons (Fsp3) is 0.438. The Morgan fingerprint density at radius 1 is 1.21 bits per heavy atom. The van der Waals surface area contributed by atoms with Crippen LogP contribution >= 0.6 is 0 Å². The number of nitrogens with two attached hydrogens (primary N) is 1. The third-order valence-corrected chi connectivity index (χ3v) is 3.48. The Balaban J connectivity index is 2.08. The Hall–Kier alpha value is -1.61. The molecule has 3 heteroatoms. The van der Waals surface area contributed by atoms with Crippen LogP contribution in [-0.2, 0) is 13.0 Å². The van der Waals surface area contributed by atoms with Crippen molar-refractivity contribution in [2.45, 2.75) is 45.7 Å². The van der Waals surface area contributed by atoms with Gasteiger partial charge in [0, 0.05) is 31.4 Å². The summed E-state index contributed by atoms with van der Waals surface area (Å²) in [5.74, 6) is 1.13. The van der Waals surface area contributed by atoms with Gasteiger partial charge in [0.15, 0.2) is 0 Å². The van der Waals surface area contributed by atoms with Gasteiger partial charge in [-0.15, -0.1) is 0 Å². The summed E-state index contributed by atoms with van der Waals surface area (Å²) in [6.45, 7) is 5.33. The van der Waals surface area contributed by atoms with E-state index in [1.54, 1.807) is 0 Å². The van der Waals surface area contributed by atoms with E-state index in [1.165, 1.54) is 11.1 Å². The summed E-state index contributed by atoms with van der Waals surface area (Å²) in [6, 6.07) is 8.75. The molecule has 3 nitrogen and oxygen atoms in total. The van der Waals surface area contributed by atoms with Gasteiger partial charge in [0.1, 0.15) is 5.82 Å². The number of nitrogens with zero attached hydrogens (tertiary/aromatic N) is 2. The van der Waals surface area contributed by atoms with Crippen molar-refractivity contribution >= 4 is 0 Å². The first-order valence-corrected chi connectivity index (χ1v) is 7.09. The lowest BCUT2D eigenvalue weighted by molar-refractivity contribution is 0.646. The molecule has 1 heterocycles. The standard InChI is InChI=1S/C16H23N3/c1-3-10-19-11-9-18-16(19)12-13-5-7-14(8-6-13)15(17)4-2/h5-9,11,15H,3-4,10,12,17H2,1-2H3. The van der Waals surface area contributed by atoms with Crippen LogP contribution in [0.15, 0.2) is 36.7 Å². The Morgan fingerprint density at radius 2 is 1.95 bits per heavy atom. The predicted molar refractivity (Wildman–Crippen MR) is 79.0 cm³/mol. The minimum atomic E-state index is 0.149. The van der Waals surface area contributed by atoms with Gasteiger partial charge < -0.3 is 10.3 Å². The molecule has 1 unspecified atom stereocenters. The van der Waals surface area contributed by atoms with E-state index in [-0.39, 0.29) is 6.04 Å². The lowest BCUT2D eigenvalue weighted by Gasteiger charge is -2.10. The van der Waals surface area contributed by atoms with Gasteiger partial charge in [0.05, 0.1) is 0 Å². The first-order chi connectivity index (χ1) is 9.24. The molecule has 1 atom stereocenters. The molecule has 19 heavy (non-hydrogen) atoms. The van der Waals surface area contributed by atoms with Crippen LogP contribution in [0.3, 0.4) is 0 Å². The highest BCUT2D eigenvalue weighted by Gasteiger charge is 2.06. The number of benzene rings is 1. The molecule has 0 aliphatic rings. The summed E-state index contributed by atoms with van der Waals surface area (Å²) in [6.07, 6.45) is 6.93. The number of hydrogen-bond acceptors (Lipinski definition) is 2. The van der Waals surface area contributed by atoms with Crippen LogP contribution < -0.4 is 5.73 Å². The maximum absolute atomic E-state index is 6.03. The Kier molecular flexibility index (Phi) is 4.74. The normalized spacial score (nSPS) is 12.6. The minimum absolute atomic E-state index is 0.149. The molecule has 0 radical (unpaired) electrons. The first kappa shape index (κ1) is 13.8. The highest BCUT2D eigenvalue weighted by molar-refractivity contribution is 5.26. The Morgan fingerprint density at radius 3 is 2.58 bits per heavy atom. The molecular weight excluding hydrogens is 234 g/mol. The smallest absolute Gasteiger partial charge is 0.113 e. The van der Waals surface area contributed by atoms with Crippen LogP contribution in [0.4, 0.5) is 0 Å². The topological polar surface area (TPSA) is 43.8 Å². The SMILES string of the molecule is CCCn1ccnc1Cc1ccc(C(N)CC)cc1. The van der Waals surface area contributed by atoms with Crippen molar-refractivity contribution in [3.8, 4) is 0 Å². The van der Waals surface area contributed by atoms with Gasteiger partial charge in [0.25, 0.3) is 0 Å². The Labute approximate surface area is 115 Å². The fourth-order valence-corrected chi connectivity index (χ4v) is 2.25. The lowest BCUT2D eigenvalue weighted by Crippen LogP contribution is -2.08. The summed E-state index contributed by atoms with van der Waals surface area (Å²) in [5.41, 5.74) is 8.53. The number of aromatic nitrogens is 2. The van der Waals surface area contributed by atoms with Gasteiger partial charge in [-0.3, -0.25) is 0 Å². The molecule has 0 saturated heterocycles. The molecular formula is C16H23N3. The number of rotatable bonds is 6. The molecule has 0 bridgehead atoms. The molecule has 2 aromatic rings. The summed E-state index contributed by atoms with van der Waals surface area (Å²) in [7, 11) is 0. The zero-order valence-corrected chi connectivity index (χ0v) is 11.8. The van der Waals surface area contributed by atoms with Crippen LogP contribution in [0, 0.1) is 0 Å². The largest absolute Gasteiger partial charge is 0.335 e. The maximum atomic E-state index is 6.03. The number of imidazole rings is 1. The zero-order chi connectivity index (χ0) is 13.7. The minimum Gasteiger partial charge on any atom is -0.335 e. The molecule has 0 saturated carbocycles.